The highest BCUT2D eigenvalue weighted by atomic mass is 127. The van der Waals surface area contributed by atoms with Crippen molar-refractivity contribution in [3.8, 4) is 0 Å². The second-order valence-electron chi connectivity index (χ2n) is 3.52. The van der Waals surface area contributed by atoms with E-state index in [4.69, 9.17) is 0 Å². The monoisotopic (exact) mass is 285 g/mol. The normalized spacial score (nSPS) is 11.4. The van der Waals surface area contributed by atoms with Crippen molar-refractivity contribution >= 4 is 33.5 Å². The smallest absolute Gasteiger partial charge is 0.0483 e. The van der Waals surface area contributed by atoms with Crippen LogP contribution in [0.2, 0.25) is 0 Å². The van der Waals surface area contributed by atoms with E-state index in [-0.39, 0.29) is 0 Å². The molecule has 2 aromatic rings. The molecule has 2 rings (SSSR count). The summed E-state index contributed by atoms with van der Waals surface area (Å²) in [6.07, 6.45) is 2.16. The minimum Gasteiger partial charge on any atom is -0.345 e. The van der Waals surface area contributed by atoms with Crippen molar-refractivity contribution in [3.05, 3.63) is 34.0 Å². The molecule has 0 spiro atoms. The van der Waals surface area contributed by atoms with Crippen LogP contribution in [0.4, 0.5) is 0 Å². The molecular formula is C11H12IN. The molecule has 1 aromatic carbocycles. The molecule has 0 saturated heterocycles. The molecule has 0 amide bonds. The predicted molar refractivity (Wildman–Crippen MR) is 65.0 cm³/mol. The Bertz CT molecular complexity index is 429. The molecule has 0 fully saturated rings. The third kappa shape index (κ3) is 1.59. The lowest BCUT2D eigenvalue weighted by Crippen LogP contribution is -1.97. The van der Waals surface area contributed by atoms with E-state index in [0.29, 0.717) is 6.04 Å². The summed E-state index contributed by atoms with van der Waals surface area (Å²) in [6.45, 7) is 4.41. The van der Waals surface area contributed by atoms with Gasteiger partial charge >= 0.3 is 0 Å². The fourth-order valence-electron chi connectivity index (χ4n) is 1.59. The molecule has 1 heterocycles. The van der Waals surface area contributed by atoms with Crippen LogP contribution in [0.15, 0.2) is 30.5 Å². The second kappa shape index (κ2) is 3.33. The Morgan fingerprint density at radius 2 is 2.00 bits per heavy atom. The first kappa shape index (κ1) is 9.06. The molecule has 0 N–H and O–H groups in total. The number of halogens is 1. The topological polar surface area (TPSA) is 4.93 Å². The van der Waals surface area contributed by atoms with Gasteiger partial charge in [-0.25, -0.2) is 0 Å². The van der Waals surface area contributed by atoms with Crippen molar-refractivity contribution in [1.82, 2.24) is 4.57 Å². The largest absolute Gasteiger partial charge is 0.345 e. The van der Waals surface area contributed by atoms with E-state index in [1.165, 1.54) is 14.5 Å². The van der Waals surface area contributed by atoms with Crippen LogP contribution in [0.1, 0.15) is 19.9 Å². The Morgan fingerprint density at radius 3 is 2.69 bits per heavy atom. The van der Waals surface area contributed by atoms with Gasteiger partial charge in [-0.1, -0.05) is 0 Å². The fraction of sp³-hybridized carbons (Fsp3) is 0.273. The first-order chi connectivity index (χ1) is 6.18. The third-order valence-corrected chi connectivity index (χ3v) is 2.91. The SMILES string of the molecule is CC(C)n1ccc2cc(I)ccc21. The molecule has 0 radical (unpaired) electrons. The summed E-state index contributed by atoms with van der Waals surface area (Å²) in [5, 5.41) is 1.33. The average molecular weight is 285 g/mol. The summed E-state index contributed by atoms with van der Waals surface area (Å²) in [6, 6.07) is 9.28. The minimum atomic E-state index is 0.539. The summed E-state index contributed by atoms with van der Waals surface area (Å²) in [7, 11) is 0. The first-order valence-corrected chi connectivity index (χ1v) is 5.52. The van der Waals surface area contributed by atoms with Crippen LogP contribution in [0.5, 0.6) is 0 Å². The zero-order valence-corrected chi connectivity index (χ0v) is 9.95. The van der Waals surface area contributed by atoms with Gasteiger partial charge in [0.15, 0.2) is 0 Å². The van der Waals surface area contributed by atoms with E-state index >= 15 is 0 Å². The standard InChI is InChI=1S/C11H12IN/c1-8(2)13-6-5-9-7-10(12)3-4-11(9)13/h3-8H,1-2H3. The Labute approximate surface area is 91.9 Å². The quantitative estimate of drug-likeness (QED) is 0.702. The summed E-state index contributed by atoms with van der Waals surface area (Å²) in [5.74, 6) is 0. The second-order valence-corrected chi connectivity index (χ2v) is 4.77. The highest BCUT2D eigenvalue weighted by Gasteiger charge is 2.03. The molecule has 0 bridgehead atoms. The molecule has 0 unspecified atom stereocenters. The van der Waals surface area contributed by atoms with Crippen LogP contribution in [0.25, 0.3) is 10.9 Å². The first-order valence-electron chi connectivity index (χ1n) is 4.44. The van der Waals surface area contributed by atoms with E-state index in [2.05, 4.69) is 71.5 Å². The number of benzene rings is 1. The number of nitrogens with zero attached hydrogens (tertiary/aromatic N) is 1. The van der Waals surface area contributed by atoms with E-state index in [0.717, 1.165) is 0 Å². The molecule has 0 atom stereocenters. The molecule has 68 valence electrons. The van der Waals surface area contributed by atoms with Crippen LogP contribution >= 0.6 is 22.6 Å². The highest BCUT2D eigenvalue weighted by Crippen LogP contribution is 2.21. The predicted octanol–water partition coefficient (Wildman–Crippen LogP) is 3.83. The molecule has 0 aliphatic heterocycles. The van der Waals surface area contributed by atoms with Crippen LogP contribution in [0.3, 0.4) is 0 Å². The maximum atomic E-state index is 2.35. The Hall–Kier alpha value is -0.510. The van der Waals surface area contributed by atoms with Gasteiger partial charge in [0.25, 0.3) is 0 Å². The van der Waals surface area contributed by atoms with Gasteiger partial charge in [0, 0.05) is 26.7 Å². The third-order valence-electron chi connectivity index (χ3n) is 2.24. The van der Waals surface area contributed by atoms with E-state index in [9.17, 15) is 0 Å². The van der Waals surface area contributed by atoms with Crippen molar-refractivity contribution in [2.24, 2.45) is 0 Å². The van der Waals surface area contributed by atoms with Gasteiger partial charge in [0.1, 0.15) is 0 Å². The zero-order chi connectivity index (χ0) is 9.42. The lowest BCUT2D eigenvalue weighted by molar-refractivity contribution is 0.623. The lowest BCUT2D eigenvalue weighted by Gasteiger charge is -2.08. The molecule has 13 heavy (non-hydrogen) atoms. The van der Waals surface area contributed by atoms with E-state index < -0.39 is 0 Å². The molecule has 1 nitrogen and oxygen atoms in total. The van der Waals surface area contributed by atoms with Crippen LogP contribution in [-0.4, -0.2) is 4.57 Å². The molecule has 2 heteroatoms. The number of hydrogen-bond donors (Lipinski definition) is 0. The van der Waals surface area contributed by atoms with Gasteiger partial charge in [-0.15, -0.1) is 0 Å². The number of hydrogen-bond acceptors (Lipinski definition) is 0. The summed E-state index contributed by atoms with van der Waals surface area (Å²) >= 11 is 2.35. The van der Waals surface area contributed by atoms with E-state index in [1.54, 1.807) is 0 Å². The number of aromatic nitrogens is 1. The van der Waals surface area contributed by atoms with Crippen molar-refractivity contribution in [2.75, 3.05) is 0 Å². The number of rotatable bonds is 1. The van der Waals surface area contributed by atoms with Crippen molar-refractivity contribution in [2.45, 2.75) is 19.9 Å². The van der Waals surface area contributed by atoms with Crippen molar-refractivity contribution in [3.63, 3.8) is 0 Å². The summed E-state index contributed by atoms with van der Waals surface area (Å²) < 4.78 is 3.59. The lowest BCUT2D eigenvalue weighted by atomic mass is 10.2. The van der Waals surface area contributed by atoms with Crippen LogP contribution in [-0.2, 0) is 0 Å². The highest BCUT2D eigenvalue weighted by molar-refractivity contribution is 14.1. The molecular weight excluding hydrogens is 273 g/mol. The van der Waals surface area contributed by atoms with Gasteiger partial charge in [-0.3, -0.25) is 0 Å². The van der Waals surface area contributed by atoms with Gasteiger partial charge < -0.3 is 4.57 Å². The summed E-state index contributed by atoms with van der Waals surface area (Å²) in [5.41, 5.74) is 1.33. The molecule has 0 aliphatic rings. The maximum absolute atomic E-state index is 2.35. The Morgan fingerprint density at radius 1 is 1.23 bits per heavy atom. The van der Waals surface area contributed by atoms with Crippen LogP contribution in [0, 0.1) is 3.57 Å². The van der Waals surface area contributed by atoms with Crippen molar-refractivity contribution in [1.29, 1.82) is 0 Å². The van der Waals surface area contributed by atoms with Gasteiger partial charge in [-0.05, 0) is 60.7 Å². The Balaban J connectivity index is 2.69. The van der Waals surface area contributed by atoms with Gasteiger partial charge in [-0.2, -0.15) is 0 Å². The maximum Gasteiger partial charge on any atom is 0.0483 e. The molecule has 1 aromatic heterocycles. The summed E-state index contributed by atoms with van der Waals surface area (Å²) in [4.78, 5) is 0. The van der Waals surface area contributed by atoms with E-state index in [1.807, 2.05) is 0 Å². The average Bonchev–Trinajstić information content (AvgIpc) is 2.46. The molecule has 0 aliphatic carbocycles. The fourth-order valence-corrected chi connectivity index (χ4v) is 2.10. The van der Waals surface area contributed by atoms with Crippen LogP contribution < -0.4 is 0 Å². The van der Waals surface area contributed by atoms with Gasteiger partial charge in [0.2, 0.25) is 0 Å². The van der Waals surface area contributed by atoms with Gasteiger partial charge in [0.05, 0.1) is 0 Å². The van der Waals surface area contributed by atoms with Crippen molar-refractivity contribution < 1.29 is 0 Å². The number of fused-ring (bicyclic) bond motifs is 1. The minimum absolute atomic E-state index is 0.539. The zero-order valence-electron chi connectivity index (χ0n) is 7.79. The molecule has 0 saturated carbocycles. The Kier molecular flexibility index (Phi) is 2.32.